The van der Waals surface area contributed by atoms with Crippen molar-refractivity contribution in [3.05, 3.63) is 29.3 Å². The molecule has 1 fully saturated rings. The lowest BCUT2D eigenvalue weighted by molar-refractivity contribution is -0.137. The van der Waals surface area contributed by atoms with Gasteiger partial charge in [-0.15, -0.1) is 10.2 Å². The van der Waals surface area contributed by atoms with Crippen molar-refractivity contribution in [1.29, 1.82) is 0 Å². The molecule has 0 aliphatic carbocycles. The first-order valence-electron chi connectivity index (χ1n) is 5.65. The SMILES string of the molecule is O=C1OCCC1Sc1nnc(-c2ccc(Cl)cc2)o1. The number of rotatable bonds is 3. The molecule has 0 bridgehead atoms. The Balaban J connectivity index is 1.75. The predicted molar refractivity (Wildman–Crippen MR) is 70.0 cm³/mol. The second-order valence-corrected chi connectivity index (χ2v) is 5.53. The molecule has 1 aromatic carbocycles. The molecule has 1 unspecified atom stereocenters. The van der Waals surface area contributed by atoms with E-state index in [1.54, 1.807) is 24.3 Å². The van der Waals surface area contributed by atoms with Gasteiger partial charge in [-0.25, -0.2) is 0 Å². The molecule has 0 amide bonds. The van der Waals surface area contributed by atoms with Gasteiger partial charge in [0.1, 0.15) is 5.25 Å². The lowest BCUT2D eigenvalue weighted by Gasteiger charge is -1.99. The molecule has 0 N–H and O–H groups in total. The number of nitrogens with zero attached hydrogens (tertiary/aromatic N) is 2. The monoisotopic (exact) mass is 296 g/mol. The fourth-order valence-corrected chi connectivity index (χ4v) is 2.64. The number of thioether (sulfide) groups is 1. The van der Waals surface area contributed by atoms with Crippen LogP contribution in [0.4, 0.5) is 0 Å². The van der Waals surface area contributed by atoms with Crippen molar-refractivity contribution in [2.75, 3.05) is 6.61 Å². The zero-order chi connectivity index (χ0) is 13.2. The second kappa shape index (κ2) is 5.22. The van der Waals surface area contributed by atoms with Gasteiger partial charge >= 0.3 is 5.97 Å². The van der Waals surface area contributed by atoms with Crippen LogP contribution in [-0.2, 0) is 9.53 Å². The normalized spacial score (nSPS) is 18.6. The summed E-state index contributed by atoms with van der Waals surface area (Å²) >= 11 is 7.05. The topological polar surface area (TPSA) is 65.2 Å². The van der Waals surface area contributed by atoms with Crippen molar-refractivity contribution in [3.63, 3.8) is 0 Å². The van der Waals surface area contributed by atoms with Gasteiger partial charge in [0.05, 0.1) is 6.61 Å². The fourth-order valence-electron chi connectivity index (χ4n) is 1.67. The van der Waals surface area contributed by atoms with E-state index >= 15 is 0 Å². The molecule has 0 saturated carbocycles. The average Bonchev–Trinajstić information content (AvgIpc) is 3.01. The summed E-state index contributed by atoms with van der Waals surface area (Å²) in [5.41, 5.74) is 0.790. The maximum absolute atomic E-state index is 11.3. The molecule has 1 aromatic heterocycles. The predicted octanol–water partition coefficient (Wildman–Crippen LogP) is 2.80. The molecule has 7 heteroatoms. The molecule has 0 radical (unpaired) electrons. The fraction of sp³-hybridized carbons (Fsp3) is 0.250. The molecular formula is C12H9ClN2O3S. The summed E-state index contributed by atoms with van der Waals surface area (Å²) in [5, 5.41) is 8.63. The summed E-state index contributed by atoms with van der Waals surface area (Å²) in [6.45, 7) is 0.453. The Morgan fingerprint density at radius 1 is 1.26 bits per heavy atom. The quantitative estimate of drug-likeness (QED) is 0.812. The number of hydrogen-bond acceptors (Lipinski definition) is 6. The van der Waals surface area contributed by atoms with E-state index in [0.29, 0.717) is 29.2 Å². The minimum atomic E-state index is -0.251. The Morgan fingerprint density at radius 2 is 2.05 bits per heavy atom. The van der Waals surface area contributed by atoms with Gasteiger partial charge in [-0.3, -0.25) is 4.79 Å². The van der Waals surface area contributed by atoms with E-state index in [2.05, 4.69) is 10.2 Å². The largest absolute Gasteiger partial charge is 0.465 e. The van der Waals surface area contributed by atoms with Crippen LogP contribution in [-0.4, -0.2) is 28.0 Å². The average molecular weight is 297 g/mol. The molecule has 1 aliphatic heterocycles. The molecule has 98 valence electrons. The van der Waals surface area contributed by atoms with Gasteiger partial charge in [0.25, 0.3) is 5.22 Å². The number of hydrogen-bond donors (Lipinski definition) is 0. The number of carbonyl (C=O) groups is 1. The van der Waals surface area contributed by atoms with E-state index in [1.165, 1.54) is 11.8 Å². The van der Waals surface area contributed by atoms with Gasteiger partial charge in [-0.1, -0.05) is 11.6 Å². The molecule has 3 rings (SSSR count). The number of ether oxygens (including phenoxy) is 1. The van der Waals surface area contributed by atoms with E-state index in [0.717, 1.165) is 5.56 Å². The van der Waals surface area contributed by atoms with Crippen LogP contribution in [0.25, 0.3) is 11.5 Å². The number of halogens is 1. The zero-order valence-corrected chi connectivity index (χ0v) is 11.3. The van der Waals surface area contributed by atoms with Crippen molar-refractivity contribution in [3.8, 4) is 11.5 Å². The van der Waals surface area contributed by atoms with Crippen LogP contribution < -0.4 is 0 Å². The van der Waals surface area contributed by atoms with Gasteiger partial charge < -0.3 is 9.15 Å². The zero-order valence-electron chi connectivity index (χ0n) is 9.71. The van der Waals surface area contributed by atoms with Gasteiger partial charge in [-0.2, -0.15) is 0 Å². The summed E-state index contributed by atoms with van der Waals surface area (Å²) in [4.78, 5) is 11.3. The van der Waals surface area contributed by atoms with E-state index in [9.17, 15) is 4.79 Å². The van der Waals surface area contributed by atoms with Crippen LogP contribution >= 0.6 is 23.4 Å². The Bertz CT molecular complexity index is 599. The van der Waals surface area contributed by atoms with E-state index in [4.69, 9.17) is 20.8 Å². The minimum absolute atomic E-state index is 0.226. The van der Waals surface area contributed by atoms with Crippen LogP contribution in [0.15, 0.2) is 33.9 Å². The molecule has 19 heavy (non-hydrogen) atoms. The molecule has 5 nitrogen and oxygen atoms in total. The summed E-state index contributed by atoms with van der Waals surface area (Å²) in [7, 11) is 0. The highest BCUT2D eigenvalue weighted by atomic mass is 35.5. The molecule has 1 saturated heterocycles. The van der Waals surface area contributed by atoms with Crippen molar-refractivity contribution < 1.29 is 13.9 Å². The maximum Gasteiger partial charge on any atom is 0.319 e. The third-order valence-electron chi connectivity index (χ3n) is 2.63. The number of cyclic esters (lactones) is 1. The second-order valence-electron chi connectivity index (χ2n) is 3.94. The lowest BCUT2D eigenvalue weighted by atomic mass is 10.2. The lowest BCUT2D eigenvalue weighted by Crippen LogP contribution is -2.09. The highest BCUT2D eigenvalue weighted by molar-refractivity contribution is 8.00. The number of benzene rings is 1. The van der Waals surface area contributed by atoms with Crippen LogP contribution in [0.3, 0.4) is 0 Å². The standard InChI is InChI=1S/C12H9ClN2O3S/c13-8-3-1-7(2-4-8)10-14-15-12(18-10)19-9-5-6-17-11(9)16/h1-4,9H,5-6H2. The van der Waals surface area contributed by atoms with Gasteiger partial charge in [0, 0.05) is 17.0 Å². The molecule has 2 heterocycles. The van der Waals surface area contributed by atoms with E-state index < -0.39 is 0 Å². The molecular weight excluding hydrogens is 288 g/mol. The number of carbonyl (C=O) groups excluding carboxylic acids is 1. The van der Waals surface area contributed by atoms with E-state index in [-0.39, 0.29) is 11.2 Å². The van der Waals surface area contributed by atoms with Crippen LogP contribution in [0.2, 0.25) is 5.02 Å². The number of esters is 1. The highest BCUT2D eigenvalue weighted by Gasteiger charge is 2.29. The Hall–Kier alpha value is -1.53. The summed E-state index contributed by atoms with van der Waals surface area (Å²) < 4.78 is 10.4. The summed E-state index contributed by atoms with van der Waals surface area (Å²) in [6.07, 6.45) is 0.669. The molecule has 0 spiro atoms. The first-order valence-corrected chi connectivity index (χ1v) is 6.91. The van der Waals surface area contributed by atoms with Crippen molar-refractivity contribution in [1.82, 2.24) is 10.2 Å². The first kappa shape index (κ1) is 12.5. The molecule has 2 aromatic rings. The van der Waals surface area contributed by atoms with Crippen molar-refractivity contribution >= 4 is 29.3 Å². The Labute approximate surface area is 118 Å². The molecule has 1 atom stereocenters. The maximum atomic E-state index is 11.3. The van der Waals surface area contributed by atoms with Gasteiger partial charge in [-0.05, 0) is 36.0 Å². The van der Waals surface area contributed by atoms with Crippen molar-refractivity contribution in [2.45, 2.75) is 16.9 Å². The van der Waals surface area contributed by atoms with Gasteiger partial charge in [0.2, 0.25) is 5.89 Å². The van der Waals surface area contributed by atoms with Crippen molar-refractivity contribution in [2.24, 2.45) is 0 Å². The van der Waals surface area contributed by atoms with Crippen LogP contribution in [0.1, 0.15) is 6.42 Å². The van der Waals surface area contributed by atoms with Crippen LogP contribution in [0, 0.1) is 0 Å². The number of aromatic nitrogens is 2. The third kappa shape index (κ3) is 2.74. The highest BCUT2D eigenvalue weighted by Crippen LogP contribution is 2.30. The summed E-state index contributed by atoms with van der Waals surface area (Å²) in [5.74, 6) is 0.182. The van der Waals surface area contributed by atoms with Crippen LogP contribution in [0.5, 0.6) is 0 Å². The van der Waals surface area contributed by atoms with E-state index in [1.807, 2.05) is 0 Å². The third-order valence-corrected chi connectivity index (χ3v) is 3.96. The minimum Gasteiger partial charge on any atom is -0.465 e. The molecule has 1 aliphatic rings. The Morgan fingerprint density at radius 3 is 2.74 bits per heavy atom. The Kier molecular flexibility index (Phi) is 3.44. The summed E-state index contributed by atoms with van der Waals surface area (Å²) in [6, 6.07) is 7.10. The first-order chi connectivity index (χ1) is 9.22. The smallest absolute Gasteiger partial charge is 0.319 e. The van der Waals surface area contributed by atoms with Gasteiger partial charge in [0.15, 0.2) is 0 Å².